The van der Waals surface area contributed by atoms with E-state index in [9.17, 15) is 0 Å². The SMILES string of the molecule is COc1ccnc(N[C@H](c2nccn2C)C2CCOCC2)n1. The molecule has 0 aromatic carbocycles. The van der Waals surface area contributed by atoms with Crippen molar-refractivity contribution in [2.45, 2.75) is 18.9 Å². The van der Waals surface area contributed by atoms with Gasteiger partial charge in [-0.3, -0.25) is 0 Å². The molecule has 2 aromatic heterocycles. The van der Waals surface area contributed by atoms with Crippen molar-refractivity contribution >= 4 is 5.95 Å². The van der Waals surface area contributed by atoms with Gasteiger partial charge in [0, 0.05) is 44.9 Å². The second-order valence-corrected chi connectivity index (χ2v) is 5.39. The molecule has 0 amide bonds. The molecule has 0 spiro atoms. The van der Waals surface area contributed by atoms with Gasteiger partial charge in [0.05, 0.1) is 13.2 Å². The van der Waals surface area contributed by atoms with Crippen LogP contribution >= 0.6 is 0 Å². The maximum Gasteiger partial charge on any atom is 0.226 e. The van der Waals surface area contributed by atoms with Gasteiger partial charge in [0.15, 0.2) is 0 Å². The first-order valence-electron chi connectivity index (χ1n) is 7.46. The van der Waals surface area contributed by atoms with Crippen LogP contribution in [0.4, 0.5) is 5.95 Å². The lowest BCUT2D eigenvalue weighted by atomic mass is 9.91. The molecule has 1 aliphatic rings. The lowest BCUT2D eigenvalue weighted by Crippen LogP contribution is -2.29. The zero-order valence-electron chi connectivity index (χ0n) is 12.9. The van der Waals surface area contributed by atoms with Crippen LogP contribution in [0.1, 0.15) is 24.7 Å². The van der Waals surface area contributed by atoms with Gasteiger partial charge in [-0.15, -0.1) is 0 Å². The Bertz CT molecular complexity index is 609. The van der Waals surface area contributed by atoms with Crippen LogP contribution in [0.25, 0.3) is 0 Å². The molecule has 2 aromatic rings. The van der Waals surface area contributed by atoms with Crippen molar-refractivity contribution in [3.05, 3.63) is 30.5 Å². The van der Waals surface area contributed by atoms with E-state index in [1.54, 1.807) is 19.4 Å². The van der Waals surface area contributed by atoms with Crippen LogP contribution in [0.15, 0.2) is 24.7 Å². The van der Waals surface area contributed by atoms with E-state index in [-0.39, 0.29) is 6.04 Å². The van der Waals surface area contributed by atoms with Gasteiger partial charge in [-0.2, -0.15) is 4.98 Å². The second-order valence-electron chi connectivity index (χ2n) is 5.39. The Hall–Kier alpha value is -2.15. The quantitative estimate of drug-likeness (QED) is 0.908. The third-order valence-corrected chi connectivity index (χ3v) is 4.00. The summed E-state index contributed by atoms with van der Waals surface area (Å²) >= 11 is 0. The van der Waals surface area contributed by atoms with Gasteiger partial charge in [-0.05, 0) is 18.8 Å². The fourth-order valence-electron chi connectivity index (χ4n) is 2.78. The maximum atomic E-state index is 5.48. The number of rotatable bonds is 5. The number of ether oxygens (including phenoxy) is 2. The summed E-state index contributed by atoms with van der Waals surface area (Å²) in [6.45, 7) is 1.57. The molecule has 0 aliphatic carbocycles. The Labute approximate surface area is 129 Å². The van der Waals surface area contributed by atoms with Crippen LogP contribution in [0.2, 0.25) is 0 Å². The molecule has 1 atom stereocenters. The standard InChI is InChI=1S/C15H21N5O2/c1-20-8-7-16-14(20)13(11-4-9-22-10-5-11)19-15-17-6-3-12(18-15)21-2/h3,6-8,11,13H,4-5,9-10H2,1-2H3,(H,17,18,19)/t13-/m0/s1. The molecule has 0 radical (unpaired) electrons. The largest absolute Gasteiger partial charge is 0.481 e. The van der Waals surface area contributed by atoms with Crippen molar-refractivity contribution in [3.8, 4) is 5.88 Å². The minimum Gasteiger partial charge on any atom is -0.481 e. The molecule has 22 heavy (non-hydrogen) atoms. The van der Waals surface area contributed by atoms with Crippen molar-refractivity contribution in [1.29, 1.82) is 0 Å². The first kappa shape index (κ1) is 14.8. The molecule has 3 rings (SSSR count). The highest BCUT2D eigenvalue weighted by Gasteiger charge is 2.28. The summed E-state index contributed by atoms with van der Waals surface area (Å²) in [5.41, 5.74) is 0. The number of aromatic nitrogens is 4. The lowest BCUT2D eigenvalue weighted by Gasteiger charge is -2.30. The number of anilines is 1. The molecule has 118 valence electrons. The monoisotopic (exact) mass is 303 g/mol. The number of methoxy groups -OCH3 is 1. The Morgan fingerprint density at radius 2 is 2.14 bits per heavy atom. The molecule has 1 aliphatic heterocycles. The Morgan fingerprint density at radius 3 is 2.82 bits per heavy atom. The van der Waals surface area contributed by atoms with Gasteiger partial charge in [0.25, 0.3) is 0 Å². The average Bonchev–Trinajstić information content (AvgIpc) is 2.99. The number of nitrogens with zero attached hydrogens (tertiary/aromatic N) is 4. The van der Waals surface area contributed by atoms with Crippen molar-refractivity contribution < 1.29 is 9.47 Å². The van der Waals surface area contributed by atoms with E-state index in [1.165, 1.54) is 0 Å². The third kappa shape index (κ3) is 3.19. The van der Waals surface area contributed by atoms with Crippen molar-refractivity contribution in [1.82, 2.24) is 19.5 Å². The van der Waals surface area contributed by atoms with Gasteiger partial charge >= 0.3 is 0 Å². The van der Waals surface area contributed by atoms with E-state index in [2.05, 4.69) is 20.3 Å². The zero-order valence-corrected chi connectivity index (χ0v) is 12.9. The van der Waals surface area contributed by atoms with Crippen LogP contribution in [0.5, 0.6) is 5.88 Å². The molecular formula is C15H21N5O2. The highest BCUT2D eigenvalue weighted by atomic mass is 16.5. The first-order chi connectivity index (χ1) is 10.8. The second kappa shape index (κ2) is 6.74. The highest BCUT2D eigenvalue weighted by molar-refractivity contribution is 5.31. The van der Waals surface area contributed by atoms with Gasteiger partial charge in [-0.1, -0.05) is 0 Å². The molecule has 1 saturated heterocycles. The zero-order chi connectivity index (χ0) is 15.4. The minimum absolute atomic E-state index is 0.0519. The fourth-order valence-corrected chi connectivity index (χ4v) is 2.78. The molecule has 1 N–H and O–H groups in total. The highest BCUT2D eigenvalue weighted by Crippen LogP contribution is 2.31. The number of hydrogen-bond donors (Lipinski definition) is 1. The van der Waals surface area contributed by atoms with Crippen molar-refractivity contribution in [3.63, 3.8) is 0 Å². The Kier molecular flexibility index (Phi) is 4.53. The number of hydrogen-bond acceptors (Lipinski definition) is 6. The summed E-state index contributed by atoms with van der Waals surface area (Å²) in [7, 11) is 3.60. The van der Waals surface area contributed by atoms with Gasteiger partial charge in [-0.25, -0.2) is 9.97 Å². The first-order valence-corrected chi connectivity index (χ1v) is 7.46. The molecule has 0 unspecified atom stereocenters. The molecule has 0 saturated carbocycles. The van der Waals surface area contributed by atoms with Gasteiger partial charge < -0.3 is 19.4 Å². The van der Waals surface area contributed by atoms with Crippen LogP contribution in [-0.2, 0) is 11.8 Å². The predicted molar refractivity (Wildman–Crippen MR) is 81.7 cm³/mol. The van der Waals surface area contributed by atoms with Gasteiger partial charge in [0.2, 0.25) is 11.8 Å². The van der Waals surface area contributed by atoms with Crippen LogP contribution in [-0.4, -0.2) is 39.8 Å². The topological polar surface area (TPSA) is 74.1 Å². The average molecular weight is 303 g/mol. The fraction of sp³-hybridized carbons (Fsp3) is 0.533. The molecule has 0 bridgehead atoms. The Morgan fingerprint density at radius 1 is 1.32 bits per heavy atom. The van der Waals surface area contributed by atoms with E-state index in [1.807, 2.05) is 24.0 Å². The predicted octanol–water partition coefficient (Wildman–Crippen LogP) is 1.80. The van der Waals surface area contributed by atoms with E-state index in [0.29, 0.717) is 17.7 Å². The summed E-state index contributed by atoms with van der Waals surface area (Å²) in [5, 5.41) is 3.43. The molecule has 3 heterocycles. The molecule has 1 fully saturated rings. The van der Waals surface area contributed by atoms with E-state index in [0.717, 1.165) is 31.9 Å². The number of imidazole rings is 1. The van der Waals surface area contributed by atoms with E-state index in [4.69, 9.17) is 9.47 Å². The summed E-state index contributed by atoms with van der Waals surface area (Å²) in [4.78, 5) is 13.1. The van der Waals surface area contributed by atoms with Crippen molar-refractivity contribution in [2.75, 3.05) is 25.6 Å². The van der Waals surface area contributed by atoms with Crippen LogP contribution < -0.4 is 10.1 Å². The molecule has 7 heteroatoms. The third-order valence-electron chi connectivity index (χ3n) is 4.00. The van der Waals surface area contributed by atoms with Crippen molar-refractivity contribution in [2.24, 2.45) is 13.0 Å². The summed E-state index contributed by atoms with van der Waals surface area (Å²) in [6, 6.07) is 1.78. The van der Waals surface area contributed by atoms with Gasteiger partial charge in [0.1, 0.15) is 5.82 Å². The minimum atomic E-state index is 0.0519. The van der Waals surface area contributed by atoms with Crippen LogP contribution in [0, 0.1) is 5.92 Å². The maximum absolute atomic E-state index is 5.48. The van der Waals surface area contributed by atoms with E-state index >= 15 is 0 Å². The number of aryl methyl sites for hydroxylation is 1. The number of nitrogens with one attached hydrogen (secondary N) is 1. The van der Waals surface area contributed by atoms with E-state index < -0.39 is 0 Å². The lowest BCUT2D eigenvalue weighted by molar-refractivity contribution is 0.0593. The van der Waals surface area contributed by atoms with Crippen LogP contribution in [0.3, 0.4) is 0 Å². The Balaban J connectivity index is 1.86. The summed E-state index contributed by atoms with van der Waals surface area (Å²) in [5.74, 6) is 2.52. The smallest absolute Gasteiger partial charge is 0.226 e. The normalized spacial score (nSPS) is 17.2. The molecule has 7 nitrogen and oxygen atoms in total. The molecular weight excluding hydrogens is 282 g/mol. The summed E-state index contributed by atoms with van der Waals surface area (Å²) < 4.78 is 12.7. The summed E-state index contributed by atoms with van der Waals surface area (Å²) in [6.07, 6.45) is 7.45.